The fourth-order valence-corrected chi connectivity index (χ4v) is 2.82. The highest BCUT2D eigenvalue weighted by Crippen LogP contribution is 2.24. The van der Waals surface area contributed by atoms with Crippen molar-refractivity contribution >= 4 is 11.8 Å². The number of hydrogen-bond acceptors (Lipinski definition) is 3. The topological polar surface area (TPSA) is 76.0 Å². The molecule has 150 valence electrons. The van der Waals surface area contributed by atoms with Crippen molar-refractivity contribution < 1.29 is 14.0 Å². The molecule has 3 aromatic rings. The molecule has 2 N–H and O–H groups in total. The number of benzene rings is 2. The smallest absolute Gasteiger partial charge is 0.255 e. The summed E-state index contributed by atoms with van der Waals surface area (Å²) in [5, 5.41) is 10.0. The van der Waals surface area contributed by atoms with Crippen LogP contribution < -0.4 is 10.6 Å². The van der Waals surface area contributed by atoms with Gasteiger partial charge in [0.05, 0.1) is 11.3 Å². The fraction of sp³-hybridized carbons (Fsp3) is 0.227. The molecule has 1 atom stereocenters. The fourth-order valence-electron chi connectivity index (χ4n) is 2.82. The van der Waals surface area contributed by atoms with Gasteiger partial charge in [-0.15, -0.1) is 0 Å². The molecule has 0 aliphatic rings. The molecule has 0 unspecified atom stereocenters. The van der Waals surface area contributed by atoms with E-state index in [1.165, 1.54) is 12.1 Å². The Balaban J connectivity index is 1.93. The first-order chi connectivity index (χ1) is 14.0. The van der Waals surface area contributed by atoms with Crippen molar-refractivity contribution in [3.8, 4) is 16.9 Å². The third kappa shape index (κ3) is 4.87. The first-order valence-corrected chi connectivity index (χ1v) is 9.49. The summed E-state index contributed by atoms with van der Waals surface area (Å²) in [5.74, 6) is -1.05. The molecule has 0 spiro atoms. The molecular weight excluding hydrogens is 371 g/mol. The van der Waals surface area contributed by atoms with E-state index < -0.39 is 11.9 Å². The summed E-state index contributed by atoms with van der Waals surface area (Å²) in [6.07, 6.45) is 2.42. The standard InChI is InChI=1S/C22H23FN4O2/c1-3-13-24-21(28)15(2)25-22(29)19-14-27(18-7-5-4-6-8-18)26-20(19)16-9-11-17(23)12-10-16/h4-12,14-15H,3,13H2,1-2H3,(H,24,28)(H,25,29)/t15-/m1/s1. The van der Waals surface area contributed by atoms with E-state index in [0.29, 0.717) is 23.4 Å². The van der Waals surface area contributed by atoms with Gasteiger partial charge in [-0.1, -0.05) is 25.1 Å². The van der Waals surface area contributed by atoms with E-state index in [9.17, 15) is 14.0 Å². The monoisotopic (exact) mass is 394 g/mol. The Bertz CT molecular complexity index is 984. The molecule has 0 saturated heterocycles. The lowest BCUT2D eigenvalue weighted by atomic mass is 10.1. The van der Waals surface area contributed by atoms with Gasteiger partial charge in [-0.3, -0.25) is 9.59 Å². The summed E-state index contributed by atoms with van der Waals surface area (Å²) in [6, 6.07) is 14.4. The molecule has 0 fully saturated rings. The first kappa shape index (κ1) is 20.3. The van der Waals surface area contributed by atoms with Crippen LogP contribution in [0.15, 0.2) is 60.8 Å². The van der Waals surface area contributed by atoms with Gasteiger partial charge in [0.1, 0.15) is 17.6 Å². The van der Waals surface area contributed by atoms with E-state index in [1.807, 2.05) is 37.3 Å². The Morgan fingerprint density at radius 3 is 2.45 bits per heavy atom. The minimum Gasteiger partial charge on any atom is -0.354 e. The molecular formula is C22H23FN4O2. The second kappa shape index (κ2) is 9.14. The van der Waals surface area contributed by atoms with Crippen LogP contribution in [0.1, 0.15) is 30.6 Å². The van der Waals surface area contributed by atoms with Crippen molar-refractivity contribution in [2.45, 2.75) is 26.3 Å². The summed E-state index contributed by atoms with van der Waals surface area (Å²) in [6.45, 7) is 4.13. The molecule has 1 aromatic heterocycles. The lowest BCUT2D eigenvalue weighted by molar-refractivity contribution is -0.122. The van der Waals surface area contributed by atoms with Crippen LogP contribution in [0.25, 0.3) is 16.9 Å². The predicted molar refractivity (Wildman–Crippen MR) is 109 cm³/mol. The molecule has 2 aromatic carbocycles. The molecule has 0 aliphatic carbocycles. The number of carbonyl (C=O) groups excluding carboxylic acids is 2. The molecule has 0 aliphatic heterocycles. The van der Waals surface area contributed by atoms with Crippen LogP contribution in [-0.4, -0.2) is 34.2 Å². The van der Waals surface area contributed by atoms with Gasteiger partial charge in [0.25, 0.3) is 5.91 Å². The summed E-state index contributed by atoms with van der Waals surface area (Å²) in [7, 11) is 0. The van der Waals surface area contributed by atoms with Crippen LogP contribution in [-0.2, 0) is 4.79 Å². The molecule has 7 heteroatoms. The molecule has 0 bridgehead atoms. The second-order valence-electron chi connectivity index (χ2n) is 6.66. The number of carbonyl (C=O) groups is 2. The number of nitrogens with zero attached hydrogens (tertiary/aromatic N) is 2. The Morgan fingerprint density at radius 2 is 1.79 bits per heavy atom. The quantitative estimate of drug-likeness (QED) is 0.645. The van der Waals surface area contributed by atoms with Gasteiger partial charge in [-0.2, -0.15) is 5.10 Å². The molecule has 1 heterocycles. The number of aromatic nitrogens is 2. The highest BCUT2D eigenvalue weighted by atomic mass is 19.1. The van der Waals surface area contributed by atoms with Gasteiger partial charge in [0.2, 0.25) is 5.91 Å². The summed E-state index contributed by atoms with van der Waals surface area (Å²) in [5.41, 5.74) is 2.10. The summed E-state index contributed by atoms with van der Waals surface area (Å²) < 4.78 is 14.9. The SMILES string of the molecule is CCCNC(=O)[C@@H](C)NC(=O)c1cn(-c2ccccc2)nc1-c1ccc(F)cc1. The molecule has 6 nitrogen and oxygen atoms in total. The van der Waals surface area contributed by atoms with Gasteiger partial charge >= 0.3 is 0 Å². The number of halogens is 1. The number of para-hydroxylation sites is 1. The van der Waals surface area contributed by atoms with E-state index in [0.717, 1.165) is 12.1 Å². The normalized spacial score (nSPS) is 11.7. The maximum Gasteiger partial charge on any atom is 0.255 e. The van der Waals surface area contributed by atoms with Crippen LogP contribution in [0.4, 0.5) is 4.39 Å². The van der Waals surface area contributed by atoms with Crippen molar-refractivity contribution in [1.29, 1.82) is 0 Å². The minimum absolute atomic E-state index is 0.251. The molecule has 3 rings (SSSR count). The van der Waals surface area contributed by atoms with Crippen molar-refractivity contribution in [3.63, 3.8) is 0 Å². The van der Waals surface area contributed by atoms with Crippen LogP contribution in [0.2, 0.25) is 0 Å². The largest absolute Gasteiger partial charge is 0.354 e. The molecule has 29 heavy (non-hydrogen) atoms. The second-order valence-corrected chi connectivity index (χ2v) is 6.66. The van der Waals surface area contributed by atoms with Gasteiger partial charge < -0.3 is 10.6 Å². The van der Waals surface area contributed by atoms with Crippen LogP contribution in [0.5, 0.6) is 0 Å². The average molecular weight is 394 g/mol. The highest BCUT2D eigenvalue weighted by Gasteiger charge is 2.22. The average Bonchev–Trinajstić information content (AvgIpc) is 3.18. The highest BCUT2D eigenvalue weighted by molar-refractivity contribution is 6.02. The molecule has 0 saturated carbocycles. The maximum atomic E-state index is 13.3. The summed E-state index contributed by atoms with van der Waals surface area (Å²) in [4.78, 5) is 25.0. The third-order valence-electron chi connectivity index (χ3n) is 4.39. The minimum atomic E-state index is -0.699. The predicted octanol–water partition coefficient (Wildman–Crippen LogP) is 3.32. The zero-order valence-electron chi connectivity index (χ0n) is 16.4. The van der Waals surface area contributed by atoms with Crippen molar-refractivity contribution in [2.24, 2.45) is 0 Å². The Hall–Kier alpha value is -3.48. The van der Waals surface area contributed by atoms with Gasteiger partial charge in [-0.05, 0) is 49.7 Å². The van der Waals surface area contributed by atoms with E-state index in [2.05, 4.69) is 15.7 Å². The first-order valence-electron chi connectivity index (χ1n) is 9.49. The van der Waals surface area contributed by atoms with Gasteiger partial charge in [0.15, 0.2) is 0 Å². The lowest BCUT2D eigenvalue weighted by Gasteiger charge is -2.13. The third-order valence-corrected chi connectivity index (χ3v) is 4.39. The van der Waals surface area contributed by atoms with Crippen LogP contribution in [0, 0.1) is 5.82 Å². The Labute approximate surface area is 168 Å². The lowest BCUT2D eigenvalue weighted by Crippen LogP contribution is -2.45. The Kier molecular flexibility index (Phi) is 6.39. The van der Waals surface area contributed by atoms with Gasteiger partial charge in [0, 0.05) is 18.3 Å². The van der Waals surface area contributed by atoms with E-state index >= 15 is 0 Å². The summed E-state index contributed by atoms with van der Waals surface area (Å²) >= 11 is 0. The number of amides is 2. The van der Waals surface area contributed by atoms with Crippen molar-refractivity contribution in [1.82, 2.24) is 20.4 Å². The zero-order chi connectivity index (χ0) is 20.8. The van der Waals surface area contributed by atoms with Crippen LogP contribution in [0.3, 0.4) is 0 Å². The molecule has 2 amide bonds. The number of hydrogen-bond donors (Lipinski definition) is 2. The van der Waals surface area contributed by atoms with Crippen LogP contribution >= 0.6 is 0 Å². The van der Waals surface area contributed by atoms with Crippen molar-refractivity contribution in [3.05, 3.63) is 72.2 Å². The van der Waals surface area contributed by atoms with E-state index in [-0.39, 0.29) is 11.7 Å². The molecule has 0 radical (unpaired) electrons. The zero-order valence-corrected chi connectivity index (χ0v) is 16.4. The van der Waals surface area contributed by atoms with E-state index in [4.69, 9.17) is 0 Å². The van der Waals surface area contributed by atoms with Crippen molar-refractivity contribution in [2.75, 3.05) is 6.54 Å². The number of nitrogens with one attached hydrogen (secondary N) is 2. The Morgan fingerprint density at radius 1 is 1.10 bits per heavy atom. The van der Waals surface area contributed by atoms with E-state index in [1.54, 1.807) is 29.9 Å². The maximum absolute atomic E-state index is 13.3. The number of rotatable bonds is 7. The van der Waals surface area contributed by atoms with Gasteiger partial charge in [-0.25, -0.2) is 9.07 Å².